The summed E-state index contributed by atoms with van der Waals surface area (Å²) in [5.74, 6) is -3.31. The Hall–Kier alpha value is -5.84. The highest BCUT2D eigenvalue weighted by Gasteiger charge is 2.43. The van der Waals surface area contributed by atoms with Gasteiger partial charge in [0.2, 0.25) is 17.7 Å². The predicted octanol–water partition coefficient (Wildman–Crippen LogP) is 7.27. The summed E-state index contributed by atoms with van der Waals surface area (Å²) < 4.78 is 20.6. The fraction of sp³-hybridized carbons (Fsp3) is 0.256. The highest BCUT2D eigenvalue weighted by molar-refractivity contribution is 6.21. The summed E-state index contributed by atoms with van der Waals surface area (Å²) in [5, 5.41) is 5.17. The van der Waals surface area contributed by atoms with Crippen LogP contribution in [0.1, 0.15) is 40.3 Å². The van der Waals surface area contributed by atoms with E-state index >= 15 is 0 Å². The van der Waals surface area contributed by atoms with Gasteiger partial charge in [-0.2, -0.15) is 9.78 Å². The van der Waals surface area contributed by atoms with Crippen LogP contribution in [-0.4, -0.2) is 51.8 Å². The molecule has 0 radical (unpaired) electrons. The van der Waals surface area contributed by atoms with Crippen LogP contribution >= 0.6 is 0 Å². The lowest BCUT2D eigenvalue weighted by atomic mass is 9.98. The quantitative estimate of drug-likeness (QED) is 0.168. The number of amides is 3. The van der Waals surface area contributed by atoms with Gasteiger partial charge in [0.1, 0.15) is 23.9 Å². The van der Waals surface area contributed by atoms with Gasteiger partial charge in [-0.1, -0.05) is 48.5 Å². The Kier molecular flexibility index (Phi) is 9.25. The van der Waals surface area contributed by atoms with E-state index in [1.165, 1.54) is 39.0 Å². The van der Waals surface area contributed by atoms with Crippen molar-refractivity contribution in [1.82, 2.24) is 9.78 Å². The maximum Gasteiger partial charge on any atom is 0.435 e. The minimum absolute atomic E-state index is 0.165. The van der Waals surface area contributed by atoms with Gasteiger partial charge in [-0.05, 0) is 89.2 Å². The second-order valence-corrected chi connectivity index (χ2v) is 13.4. The van der Waals surface area contributed by atoms with Crippen molar-refractivity contribution in [3.05, 3.63) is 115 Å². The van der Waals surface area contributed by atoms with Gasteiger partial charge in [0, 0.05) is 29.2 Å². The summed E-state index contributed by atoms with van der Waals surface area (Å²) in [4.78, 5) is 61.3. The Morgan fingerprint density at radius 2 is 1.46 bits per heavy atom. The number of carbonyl (C=O) groups is 4. The van der Waals surface area contributed by atoms with Crippen LogP contribution in [0.5, 0.6) is 0 Å². The number of hydrogen-bond donors (Lipinski definition) is 0. The molecule has 0 N–H and O–H groups in total. The highest BCUT2D eigenvalue weighted by Crippen LogP contribution is 2.40. The maximum atomic E-state index is 14.8. The van der Waals surface area contributed by atoms with E-state index in [9.17, 15) is 23.6 Å². The lowest BCUT2D eigenvalue weighted by Gasteiger charge is -2.31. The number of fused-ring (bicyclic) bond motifs is 2. The molecule has 0 aliphatic carbocycles. The lowest BCUT2D eigenvalue weighted by Crippen LogP contribution is -2.48. The number of nitrogens with zero attached hydrogens (tertiary/aromatic N) is 5. The first kappa shape index (κ1) is 34.0. The molecule has 5 aromatic rings. The normalized spacial score (nSPS) is 14.9. The van der Waals surface area contributed by atoms with Crippen LogP contribution in [0.4, 0.5) is 31.9 Å². The van der Waals surface area contributed by atoms with Gasteiger partial charge >= 0.3 is 6.09 Å². The van der Waals surface area contributed by atoms with Crippen molar-refractivity contribution in [3.8, 4) is 0 Å². The Bertz CT molecular complexity index is 2070. The molecule has 0 bridgehead atoms. The van der Waals surface area contributed by atoms with Gasteiger partial charge in [-0.3, -0.25) is 19.3 Å². The Balaban J connectivity index is 1.46. The van der Waals surface area contributed by atoms with Crippen LogP contribution in [0.25, 0.3) is 10.9 Å². The fourth-order valence-electron chi connectivity index (χ4n) is 6.21. The van der Waals surface area contributed by atoms with Gasteiger partial charge in [0.25, 0.3) is 0 Å². The predicted molar refractivity (Wildman–Crippen MR) is 190 cm³/mol. The molecule has 11 heteroatoms. The topological polar surface area (TPSA) is 105 Å². The lowest BCUT2D eigenvalue weighted by molar-refractivity contribution is -0.132. The van der Waals surface area contributed by atoms with Gasteiger partial charge in [-0.15, -0.1) is 0 Å². The number of rotatable bonds is 7. The third-order valence-corrected chi connectivity index (χ3v) is 8.32. The molecule has 1 atom stereocenters. The van der Waals surface area contributed by atoms with Crippen LogP contribution in [0.15, 0.2) is 103 Å². The van der Waals surface area contributed by atoms with Gasteiger partial charge in [-0.25, -0.2) is 9.18 Å². The first-order valence-electron chi connectivity index (χ1n) is 16.4. The Morgan fingerprint density at radius 3 is 2.12 bits per heavy atom. The van der Waals surface area contributed by atoms with Crippen molar-refractivity contribution in [1.29, 1.82) is 0 Å². The summed E-state index contributed by atoms with van der Waals surface area (Å²) in [6, 6.07) is 28.2. The molecule has 1 unspecified atom stereocenters. The summed E-state index contributed by atoms with van der Waals surface area (Å²) in [5.41, 5.74) is 1.83. The number of carbonyl (C=O) groups excluding carboxylic acids is 4. The number of ether oxygens (including phenoxy) is 1. The average molecular weight is 676 g/mol. The van der Waals surface area contributed by atoms with E-state index in [0.29, 0.717) is 39.3 Å². The zero-order valence-corrected chi connectivity index (χ0v) is 28.5. The summed E-state index contributed by atoms with van der Waals surface area (Å²) in [6.45, 7) is 8.52. The number of para-hydroxylation sites is 4. The van der Waals surface area contributed by atoms with Gasteiger partial charge < -0.3 is 14.5 Å². The first-order valence-corrected chi connectivity index (χ1v) is 16.4. The molecule has 0 saturated heterocycles. The van der Waals surface area contributed by atoms with E-state index in [-0.39, 0.29) is 12.5 Å². The minimum Gasteiger partial charge on any atom is -0.442 e. The molecule has 2 heterocycles. The van der Waals surface area contributed by atoms with Crippen molar-refractivity contribution in [3.63, 3.8) is 0 Å². The van der Waals surface area contributed by atoms with Crippen molar-refractivity contribution < 1.29 is 28.3 Å². The smallest absolute Gasteiger partial charge is 0.435 e. The van der Waals surface area contributed by atoms with E-state index in [2.05, 4.69) is 5.10 Å². The van der Waals surface area contributed by atoms with Crippen molar-refractivity contribution >= 4 is 57.5 Å². The molecule has 0 saturated carbocycles. The molecule has 256 valence electrons. The first-order chi connectivity index (χ1) is 23.8. The summed E-state index contributed by atoms with van der Waals surface area (Å²) in [7, 11) is 0. The molecule has 1 aliphatic rings. The van der Waals surface area contributed by atoms with Crippen LogP contribution in [-0.2, 0) is 25.5 Å². The number of halogens is 1. The van der Waals surface area contributed by atoms with E-state index < -0.39 is 47.7 Å². The van der Waals surface area contributed by atoms with E-state index in [1.54, 1.807) is 93.6 Å². The molecular formula is C39H38FN5O5. The van der Waals surface area contributed by atoms with Crippen molar-refractivity contribution in [2.24, 2.45) is 5.92 Å². The average Bonchev–Trinajstić information content (AvgIpc) is 3.42. The van der Waals surface area contributed by atoms with E-state index in [1.807, 2.05) is 19.9 Å². The molecule has 0 fully saturated rings. The molecule has 6 rings (SSSR count). The van der Waals surface area contributed by atoms with Crippen molar-refractivity contribution in [2.45, 2.75) is 52.7 Å². The van der Waals surface area contributed by atoms with Crippen molar-refractivity contribution in [2.75, 3.05) is 21.2 Å². The Morgan fingerprint density at radius 1 is 0.840 bits per heavy atom. The summed E-state index contributed by atoms with van der Waals surface area (Å²) >= 11 is 0. The zero-order valence-electron chi connectivity index (χ0n) is 28.5. The highest BCUT2D eigenvalue weighted by atomic mass is 19.1. The van der Waals surface area contributed by atoms with E-state index in [0.717, 1.165) is 4.68 Å². The van der Waals surface area contributed by atoms with Crippen LogP contribution < -0.4 is 14.7 Å². The SMILES string of the molecule is CC(C)N(C(=O)CN1C(=O)C(Cc2nn(C(=O)OC(C)(C)C)c3ccccc23)C(=O)N(c2ccccc2)c2ccccc21)c1ccc(F)cc1. The number of anilines is 4. The summed E-state index contributed by atoms with van der Waals surface area (Å²) in [6.07, 6.45) is -0.861. The molecule has 10 nitrogen and oxygen atoms in total. The third kappa shape index (κ3) is 6.71. The molecule has 4 aromatic carbocycles. The third-order valence-electron chi connectivity index (χ3n) is 8.32. The van der Waals surface area contributed by atoms with E-state index in [4.69, 9.17) is 4.74 Å². The van der Waals surface area contributed by atoms with Gasteiger partial charge in [0.05, 0.1) is 22.6 Å². The monoisotopic (exact) mass is 675 g/mol. The second-order valence-electron chi connectivity index (χ2n) is 13.4. The van der Waals surface area contributed by atoms with Crippen LogP contribution in [0.2, 0.25) is 0 Å². The second kappa shape index (κ2) is 13.6. The molecule has 3 amide bonds. The molecule has 1 aromatic heterocycles. The van der Waals surface area contributed by atoms with Crippen LogP contribution in [0.3, 0.4) is 0 Å². The fourth-order valence-corrected chi connectivity index (χ4v) is 6.21. The number of benzene rings is 4. The van der Waals surface area contributed by atoms with Gasteiger partial charge in [0.15, 0.2) is 0 Å². The molecular weight excluding hydrogens is 637 g/mol. The standard InChI is InChI=1S/C39H38FN5O5/c1-25(2)43(28-21-19-26(40)20-22-28)35(46)24-42-33-17-11-12-18-34(33)44(27-13-7-6-8-14-27)37(48)30(36(42)47)23-31-29-15-9-10-16-32(29)45(41-31)38(49)50-39(3,4)5/h6-22,25,30H,23-24H2,1-5H3. The molecule has 50 heavy (non-hydrogen) atoms. The maximum absolute atomic E-state index is 14.8. The molecule has 1 aliphatic heterocycles. The Labute approximate surface area is 289 Å². The van der Waals surface area contributed by atoms with Crippen LogP contribution in [0, 0.1) is 11.7 Å². The molecule has 0 spiro atoms. The minimum atomic E-state index is -1.33. The number of aromatic nitrogens is 2. The zero-order chi connectivity index (χ0) is 35.7. The largest absolute Gasteiger partial charge is 0.442 e. The number of hydrogen-bond acceptors (Lipinski definition) is 6.